The maximum absolute atomic E-state index is 12.7. The Kier molecular flexibility index (Phi) is 16.5. The van der Waals surface area contributed by atoms with Gasteiger partial charge in [0.15, 0.2) is 5.90 Å². The lowest BCUT2D eigenvalue weighted by atomic mass is 10.5. The van der Waals surface area contributed by atoms with Crippen molar-refractivity contribution in [3.8, 4) is 0 Å². The molecule has 0 radical (unpaired) electrons. The minimum absolute atomic E-state index is 0. The van der Waals surface area contributed by atoms with Gasteiger partial charge in [0.05, 0.1) is 13.2 Å². The third kappa shape index (κ3) is 17.2. The first-order chi connectivity index (χ1) is 11.2. The molecule has 168 valence electrons. The largest absolute Gasteiger partial charge is 0.412 e. The normalized spacial score (nSPS) is 16.6. The fourth-order valence-electron chi connectivity index (χ4n) is 2.13. The Balaban J connectivity index is -0.00000288. The van der Waals surface area contributed by atoms with Crippen LogP contribution in [0.5, 0.6) is 0 Å². The van der Waals surface area contributed by atoms with Gasteiger partial charge in [-0.05, 0) is 12.8 Å². The monoisotopic (exact) mass is 468 g/mol. The van der Waals surface area contributed by atoms with Crippen LogP contribution in [0.4, 0.5) is 0 Å². The average Bonchev–Trinajstić information content (AvgIpc) is 2.46. The van der Waals surface area contributed by atoms with Crippen LogP contribution in [0.1, 0.15) is 12.8 Å². The number of rotatable bonds is 14. The fraction of sp³-hybridized carbons (Fsp3) is 1.00. The highest BCUT2D eigenvalue weighted by molar-refractivity contribution is 7.71. The molecule has 0 fully saturated rings. The van der Waals surface area contributed by atoms with Crippen molar-refractivity contribution in [2.75, 3.05) is 33.3 Å². The Morgan fingerprint density at radius 1 is 0.667 bits per heavy atom. The van der Waals surface area contributed by atoms with E-state index >= 15 is 0 Å². The van der Waals surface area contributed by atoms with Gasteiger partial charge >= 0.3 is 15.2 Å². The van der Waals surface area contributed by atoms with E-state index in [1.165, 1.54) is 14.2 Å². The molecule has 0 bridgehead atoms. The van der Waals surface area contributed by atoms with Crippen molar-refractivity contribution >= 4 is 31.3 Å². The van der Waals surface area contributed by atoms with Gasteiger partial charge in [0.25, 0.3) is 0 Å². The van der Waals surface area contributed by atoms with Crippen LogP contribution < -0.4 is 0 Å². The zero-order chi connectivity index (χ0) is 19.8. The van der Waals surface area contributed by atoms with Crippen molar-refractivity contribution < 1.29 is 38.2 Å². The Labute approximate surface area is 167 Å². The van der Waals surface area contributed by atoms with E-state index in [1.54, 1.807) is 0 Å². The van der Waals surface area contributed by atoms with Crippen molar-refractivity contribution in [3.05, 3.63) is 0 Å². The molecule has 0 saturated heterocycles. The van der Waals surface area contributed by atoms with E-state index < -0.39 is 31.3 Å². The highest BCUT2D eigenvalue weighted by atomic mass is 31.2. The van der Waals surface area contributed by atoms with Crippen LogP contribution in [0.25, 0.3) is 0 Å². The van der Waals surface area contributed by atoms with Gasteiger partial charge in [-0.15, -0.1) is 0 Å². The maximum atomic E-state index is 12.7. The van der Waals surface area contributed by atoms with Gasteiger partial charge < -0.3 is 29.0 Å². The van der Waals surface area contributed by atoms with Crippen LogP contribution >= 0.6 is 15.2 Å². The summed E-state index contributed by atoms with van der Waals surface area (Å²) in [7, 11) is -6.69. The Hall–Kier alpha value is 0.654. The first-order valence-electron chi connectivity index (χ1n) is 8.83. The van der Waals surface area contributed by atoms with E-state index in [9.17, 15) is 9.13 Å². The molecule has 8 nitrogen and oxygen atoms in total. The lowest BCUT2D eigenvalue weighted by Gasteiger charge is -2.23. The predicted octanol–water partition coefficient (Wildman–Crippen LogP) is 4.46. The Morgan fingerprint density at radius 2 is 0.963 bits per heavy atom. The molecule has 2 unspecified atom stereocenters. The fourth-order valence-corrected chi connectivity index (χ4v) is 8.84. The molecule has 0 spiro atoms. The first kappa shape index (κ1) is 32.3. The minimum atomic E-state index is -3.49. The summed E-state index contributed by atoms with van der Waals surface area (Å²) in [6, 6.07) is 2.15. The van der Waals surface area contributed by atoms with Crippen LogP contribution in [0.3, 0.4) is 0 Å². The minimum Gasteiger partial charge on any atom is -0.412 e. The molecule has 0 amide bonds. The van der Waals surface area contributed by atoms with Crippen molar-refractivity contribution in [1.82, 2.24) is 0 Å². The van der Waals surface area contributed by atoms with Crippen LogP contribution in [-0.2, 0) is 27.2 Å². The summed E-state index contributed by atoms with van der Waals surface area (Å²) in [6.45, 7) is 14.3. The summed E-state index contributed by atoms with van der Waals surface area (Å²) in [6.07, 6.45) is 1.63. The molecule has 27 heavy (non-hydrogen) atoms. The third-order valence-electron chi connectivity index (χ3n) is 3.62. The van der Waals surface area contributed by atoms with Crippen molar-refractivity contribution in [2.24, 2.45) is 0 Å². The Bertz CT molecular complexity index is 435. The molecule has 2 atom stereocenters. The molecule has 12 heteroatoms. The predicted molar refractivity (Wildman–Crippen MR) is 119 cm³/mol. The van der Waals surface area contributed by atoms with Gasteiger partial charge in [0.1, 0.15) is 0 Å². The zero-order valence-corrected chi connectivity index (χ0v) is 22.1. The molecule has 0 aliphatic heterocycles. The molecule has 0 rings (SSSR count). The highest BCUT2D eigenvalue weighted by Crippen LogP contribution is 2.63. The molecule has 0 aliphatic rings. The van der Waals surface area contributed by atoms with Crippen LogP contribution in [-0.4, -0.2) is 60.4 Å². The van der Waals surface area contributed by atoms with Gasteiger partial charge in [-0.25, -0.2) is 0 Å². The summed E-state index contributed by atoms with van der Waals surface area (Å²) in [5.74, 6) is -0.340. The summed E-state index contributed by atoms with van der Waals surface area (Å²) in [4.78, 5) is 0. The number of hydrogen-bond donors (Lipinski definition) is 0. The standard InChI is InChI=1S/C15H38O6P2Si2.2H2O/c1-18-22(16,20-11-9-13-24(3,4)5)15-23(17,19-2)21-12-10-14-25(6,7)8;;/h9-15H2,1-8H3;2*1H2. The molecule has 4 N–H and O–H groups in total. The summed E-state index contributed by atoms with van der Waals surface area (Å²) in [5.41, 5.74) is 0. The molecular weight excluding hydrogens is 426 g/mol. The molecule has 0 heterocycles. The van der Waals surface area contributed by atoms with Gasteiger partial charge in [0.2, 0.25) is 0 Å². The lowest BCUT2D eigenvalue weighted by Crippen LogP contribution is -2.19. The van der Waals surface area contributed by atoms with Crippen LogP contribution in [0, 0.1) is 0 Å². The summed E-state index contributed by atoms with van der Waals surface area (Å²) < 4.78 is 46.4. The molecule has 0 aromatic heterocycles. The topological polar surface area (TPSA) is 134 Å². The van der Waals surface area contributed by atoms with Crippen molar-refractivity contribution in [1.29, 1.82) is 0 Å². The molecule has 0 saturated carbocycles. The van der Waals surface area contributed by atoms with E-state index in [-0.39, 0.29) is 16.9 Å². The third-order valence-corrected chi connectivity index (χ3v) is 12.4. The van der Waals surface area contributed by atoms with E-state index in [0.29, 0.717) is 13.2 Å². The first-order valence-corrected chi connectivity index (χ1v) is 19.7. The van der Waals surface area contributed by atoms with E-state index in [2.05, 4.69) is 39.3 Å². The quantitative estimate of drug-likeness (QED) is 0.210. The molecule has 0 aromatic rings. The maximum Gasteiger partial charge on any atom is 0.342 e. The average molecular weight is 469 g/mol. The van der Waals surface area contributed by atoms with E-state index in [4.69, 9.17) is 18.1 Å². The van der Waals surface area contributed by atoms with E-state index in [1.807, 2.05) is 0 Å². The van der Waals surface area contributed by atoms with Crippen molar-refractivity contribution in [3.63, 3.8) is 0 Å². The molecule has 0 aromatic carbocycles. The number of hydrogen-bond acceptors (Lipinski definition) is 6. The van der Waals surface area contributed by atoms with Crippen LogP contribution in [0.2, 0.25) is 51.4 Å². The second-order valence-corrected chi connectivity index (χ2v) is 24.8. The second kappa shape index (κ2) is 13.8. The van der Waals surface area contributed by atoms with Crippen molar-refractivity contribution in [2.45, 2.75) is 64.2 Å². The van der Waals surface area contributed by atoms with Crippen LogP contribution in [0.15, 0.2) is 0 Å². The highest BCUT2D eigenvalue weighted by Gasteiger charge is 2.37. The molecular formula is C15H42O8P2Si2. The van der Waals surface area contributed by atoms with Gasteiger partial charge in [-0.3, -0.25) is 9.13 Å². The smallest absolute Gasteiger partial charge is 0.342 e. The van der Waals surface area contributed by atoms with E-state index in [0.717, 1.165) is 24.9 Å². The van der Waals surface area contributed by atoms with Gasteiger partial charge in [-0.2, -0.15) is 0 Å². The second-order valence-electron chi connectivity index (χ2n) is 8.72. The lowest BCUT2D eigenvalue weighted by molar-refractivity contribution is 0.220. The SMILES string of the molecule is COP(=O)(CP(=O)(OC)OCCC[Si](C)(C)C)OCCC[Si](C)(C)C.O.O. The van der Waals surface area contributed by atoms with Gasteiger partial charge in [-0.1, -0.05) is 51.4 Å². The zero-order valence-electron chi connectivity index (χ0n) is 18.3. The Morgan fingerprint density at radius 3 is 1.19 bits per heavy atom. The summed E-state index contributed by atoms with van der Waals surface area (Å²) >= 11 is 0. The van der Waals surface area contributed by atoms with Gasteiger partial charge in [0, 0.05) is 30.4 Å². The molecule has 0 aliphatic carbocycles. The summed E-state index contributed by atoms with van der Waals surface area (Å²) in [5, 5.41) is 0.